The second kappa shape index (κ2) is 5.19. The van der Waals surface area contributed by atoms with Crippen molar-refractivity contribution in [2.75, 3.05) is 12.9 Å². The Bertz CT molecular complexity index is 641. The third kappa shape index (κ3) is 2.22. The minimum absolute atomic E-state index is 0.0359. The highest BCUT2D eigenvalue weighted by atomic mass is 32.2. The topological polar surface area (TPSA) is 80.8 Å². The molecule has 3 rings (SSSR count). The number of amides is 1. The fourth-order valence-electron chi connectivity index (χ4n) is 5.21. The quantitative estimate of drug-likeness (QED) is 0.726. The zero-order chi connectivity index (χ0) is 17.0. The van der Waals surface area contributed by atoms with Gasteiger partial charge in [-0.1, -0.05) is 13.8 Å². The highest BCUT2D eigenvalue weighted by Crippen LogP contribution is 2.69. The van der Waals surface area contributed by atoms with Crippen LogP contribution in [-0.2, 0) is 24.3 Å². The van der Waals surface area contributed by atoms with Gasteiger partial charge in [0.15, 0.2) is 0 Å². The number of fused-ring (bicyclic) bond motifs is 1. The Morgan fingerprint density at radius 3 is 2.57 bits per heavy atom. The molecule has 2 aliphatic carbocycles. The molecule has 0 aromatic heterocycles. The number of carbonyl (C=O) groups excluding carboxylic acids is 2. The van der Waals surface area contributed by atoms with Gasteiger partial charge in [0.05, 0.1) is 18.9 Å². The number of nitrogens with zero attached hydrogens (tertiary/aromatic N) is 1. The van der Waals surface area contributed by atoms with Crippen molar-refractivity contribution in [3.05, 3.63) is 0 Å². The first kappa shape index (κ1) is 16.7. The second-order valence-corrected chi connectivity index (χ2v) is 9.59. The van der Waals surface area contributed by atoms with Crippen LogP contribution in [0.15, 0.2) is 0 Å². The van der Waals surface area contributed by atoms with Crippen molar-refractivity contribution in [3.63, 3.8) is 0 Å². The van der Waals surface area contributed by atoms with E-state index in [1.165, 1.54) is 11.4 Å². The fourth-order valence-corrected chi connectivity index (χ4v) is 7.79. The van der Waals surface area contributed by atoms with Crippen molar-refractivity contribution in [1.82, 2.24) is 4.31 Å². The smallest absolute Gasteiger partial charge is 0.305 e. The summed E-state index contributed by atoms with van der Waals surface area (Å²) in [4.78, 5) is 23.7. The maximum Gasteiger partial charge on any atom is 0.305 e. The summed E-state index contributed by atoms with van der Waals surface area (Å²) in [5.41, 5.74) is -0.319. The zero-order valence-corrected chi connectivity index (χ0v) is 14.8. The van der Waals surface area contributed by atoms with Crippen LogP contribution in [0.2, 0.25) is 0 Å². The molecule has 2 unspecified atom stereocenters. The van der Waals surface area contributed by atoms with Gasteiger partial charge in [-0.15, -0.1) is 0 Å². The van der Waals surface area contributed by atoms with Gasteiger partial charge >= 0.3 is 5.97 Å². The maximum atomic E-state index is 12.7. The lowest BCUT2D eigenvalue weighted by Gasteiger charge is -2.37. The van der Waals surface area contributed by atoms with E-state index in [-0.39, 0.29) is 47.3 Å². The van der Waals surface area contributed by atoms with Gasteiger partial charge in [-0.3, -0.25) is 9.59 Å². The first-order valence-corrected chi connectivity index (χ1v) is 9.88. The average molecular weight is 343 g/mol. The first-order valence-electron chi connectivity index (χ1n) is 8.27. The molecule has 0 radical (unpaired) electrons. The third-order valence-corrected chi connectivity index (χ3v) is 8.59. The normalized spacial score (nSPS) is 36.0. The summed E-state index contributed by atoms with van der Waals surface area (Å²) in [5, 5.41) is 0. The Morgan fingerprint density at radius 1 is 1.26 bits per heavy atom. The van der Waals surface area contributed by atoms with Crippen molar-refractivity contribution in [2.45, 2.75) is 58.4 Å². The van der Waals surface area contributed by atoms with Crippen LogP contribution in [0.4, 0.5) is 0 Å². The van der Waals surface area contributed by atoms with Crippen LogP contribution in [0.25, 0.3) is 0 Å². The van der Waals surface area contributed by atoms with Gasteiger partial charge in [0, 0.05) is 18.3 Å². The van der Waals surface area contributed by atoms with Crippen molar-refractivity contribution in [2.24, 2.45) is 16.7 Å². The van der Waals surface area contributed by atoms with Crippen LogP contribution < -0.4 is 0 Å². The second-order valence-electron chi connectivity index (χ2n) is 7.74. The lowest BCUT2D eigenvalue weighted by atomic mass is 9.69. The number of sulfonamides is 1. The molecular weight excluding hydrogens is 318 g/mol. The van der Waals surface area contributed by atoms with Crippen molar-refractivity contribution in [3.8, 4) is 0 Å². The summed E-state index contributed by atoms with van der Waals surface area (Å²) in [6.45, 7) is 4.32. The predicted octanol–water partition coefficient (Wildman–Crippen LogP) is 1.70. The summed E-state index contributed by atoms with van der Waals surface area (Å²) in [7, 11) is -2.25. The molecule has 3 aliphatic rings. The van der Waals surface area contributed by atoms with E-state index in [1.807, 2.05) is 0 Å². The van der Waals surface area contributed by atoms with Crippen LogP contribution in [0, 0.1) is 16.7 Å². The van der Waals surface area contributed by atoms with E-state index in [9.17, 15) is 18.0 Å². The van der Waals surface area contributed by atoms with Crippen LogP contribution in [-0.4, -0.2) is 43.5 Å². The molecule has 1 spiro atoms. The molecule has 130 valence electrons. The molecule has 0 N–H and O–H groups in total. The number of esters is 1. The average Bonchev–Trinajstić information content (AvgIpc) is 2.93. The van der Waals surface area contributed by atoms with Gasteiger partial charge in [0.25, 0.3) is 0 Å². The Hall–Kier alpha value is -1.11. The van der Waals surface area contributed by atoms with E-state index >= 15 is 0 Å². The molecule has 2 bridgehead atoms. The molecule has 7 heteroatoms. The minimum atomic E-state index is -3.55. The van der Waals surface area contributed by atoms with Crippen molar-refractivity contribution < 1.29 is 22.7 Å². The van der Waals surface area contributed by atoms with E-state index in [4.69, 9.17) is 0 Å². The molecule has 1 amide bonds. The molecule has 1 heterocycles. The predicted molar refractivity (Wildman–Crippen MR) is 83.8 cm³/mol. The number of ether oxygens (including phenoxy) is 1. The molecule has 2 saturated carbocycles. The summed E-state index contributed by atoms with van der Waals surface area (Å²) in [6.07, 6.45) is 3.27. The Morgan fingerprint density at radius 2 is 1.96 bits per heavy atom. The minimum Gasteiger partial charge on any atom is -0.469 e. The van der Waals surface area contributed by atoms with Crippen LogP contribution in [0.3, 0.4) is 0 Å². The standard InChI is InChI=1S/C16H25NO5S/c1-15(2)11-7-8-16(15)10-23(20,21)17(12(16)9-11)13(18)5-4-6-14(19)22-3/h11-12H,4-10H2,1-3H3/t11-,12?,16?/m0/s1. The molecule has 3 atom stereocenters. The van der Waals surface area contributed by atoms with Gasteiger partial charge in [-0.05, 0) is 37.0 Å². The van der Waals surface area contributed by atoms with E-state index in [1.54, 1.807) is 0 Å². The van der Waals surface area contributed by atoms with E-state index in [0.29, 0.717) is 12.3 Å². The Kier molecular flexibility index (Phi) is 3.78. The highest BCUT2D eigenvalue weighted by molar-refractivity contribution is 7.90. The van der Waals surface area contributed by atoms with Gasteiger partial charge in [-0.25, -0.2) is 12.7 Å². The molecule has 3 fully saturated rings. The molecule has 1 saturated heterocycles. The number of carbonyl (C=O) groups is 2. The van der Waals surface area contributed by atoms with E-state index in [2.05, 4.69) is 18.6 Å². The van der Waals surface area contributed by atoms with Crippen LogP contribution in [0.1, 0.15) is 52.4 Å². The van der Waals surface area contributed by atoms with Crippen LogP contribution >= 0.6 is 0 Å². The third-order valence-electron chi connectivity index (χ3n) is 6.66. The van der Waals surface area contributed by atoms with Gasteiger partial charge in [-0.2, -0.15) is 0 Å². The molecule has 0 aromatic rings. The number of methoxy groups -OCH3 is 1. The monoisotopic (exact) mass is 343 g/mol. The summed E-state index contributed by atoms with van der Waals surface area (Å²) < 4.78 is 31.0. The Balaban J connectivity index is 1.78. The molecular formula is C16H25NO5S. The SMILES string of the molecule is COC(=O)CCCC(=O)N1C2C[C@@H]3CCC2(CS1(=O)=O)C3(C)C. The number of hydrogen-bond donors (Lipinski definition) is 0. The van der Waals surface area contributed by atoms with E-state index in [0.717, 1.165) is 19.3 Å². The van der Waals surface area contributed by atoms with Gasteiger partial charge in [0.1, 0.15) is 0 Å². The zero-order valence-electron chi connectivity index (χ0n) is 14.0. The number of hydrogen-bond acceptors (Lipinski definition) is 5. The van der Waals surface area contributed by atoms with E-state index < -0.39 is 10.0 Å². The summed E-state index contributed by atoms with van der Waals surface area (Å²) >= 11 is 0. The maximum absolute atomic E-state index is 12.7. The van der Waals surface area contributed by atoms with Crippen molar-refractivity contribution >= 4 is 21.9 Å². The fraction of sp³-hybridized carbons (Fsp3) is 0.875. The molecule has 23 heavy (non-hydrogen) atoms. The first-order chi connectivity index (χ1) is 10.7. The molecule has 0 aromatic carbocycles. The van der Waals surface area contributed by atoms with Crippen molar-refractivity contribution in [1.29, 1.82) is 0 Å². The Labute approximate surface area is 137 Å². The van der Waals surface area contributed by atoms with Crippen LogP contribution in [0.5, 0.6) is 0 Å². The summed E-state index contributed by atoms with van der Waals surface area (Å²) in [5.74, 6) is -0.149. The molecule has 6 nitrogen and oxygen atoms in total. The summed E-state index contributed by atoms with van der Waals surface area (Å²) in [6, 6.07) is -0.188. The molecule has 1 aliphatic heterocycles. The highest BCUT2D eigenvalue weighted by Gasteiger charge is 2.72. The largest absolute Gasteiger partial charge is 0.469 e. The number of rotatable bonds is 4. The van der Waals surface area contributed by atoms with Gasteiger partial charge < -0.3 is 4.74 Å². The van der Waals surface area contributed by atoms with Gasteiger partial charge in [0.2, 0.25) is 15.9 Å². The lowest BCUT2D eigenvalue weighted by molar-refractivity contribution is -0.140. The lowest BCUT2D eigenvalue weighted by Crippen LogP contribution is -2.44.